The lowest BCUT2D eigenvalue weighted by Gasteiger charge is -2.29. The first kappa shape index (κ1) is 17.1. The van der Waals surface area contributed by atoms with Gasteiger partial charge < -0.3 is 19.5 Å². The maximum atomic E-state index is 12.1. The Labute approximate surface area is 146 Å². The Bertz CT molecular complexity index is 629. The van der Waals surface area contributed by atoms with Gasteiger partial charge in [0.1, 0.15) is 0 Å². The van der Waals surface area contributed by atoms with Crippen LogP contribution in [0, 0.1) is 0 Å². The minimum Gasteiger partial charge on any atom is -0.454 e. The summed E-state index contributed by atoms with van der Waals surface area (Å²) in [5, 5.41) is 3.44. The second-order valence-corrected chi connectivity index (χ2v) is 6.30. The van der Waals surface area contributed by atoms with Crippen LogP contribution in [-0.4, -0.2) is 56.5 Å². The fraction of sp³-hybridized carbons (Fsp3) is 0.471. The van der Waals surface area contributed by atoms with Crippen molar-refractivity contribution in [1.29, 1.82) is 0 Å². The van der Waals surface area contributed by atoms with Crippen molar-refractivity contribution in [1.82, 2.24) is 10.2 Å². The third kappa shape index (κ3) is 4.41. The number of carbonyl (C=O) groups excluding carboxylic acids is 1. The van der Waals surface area contributed by atoms with Crippen molar-refractivity contribution in [2.45, 2.75) is 13.0 Å². The maximum Gasteiger partial charge on any atom is 0.244 e. The first-order chi connectivity index (χ1) is 11.6. The normalized spacial score (nSPS) is 18.8. The van der Waals surface area contributed by atoms with Crippen LogP contribution in [0.4, 0.5) is 0 Å². The molecule has 0 saturated carbocycles. The molecule has 2 aliphatic heterocycles. The second kappa shape index (κ2) is 7.88. The van der Waals surface area contributed by atoms with Crippen LogP contribution in [-0.2, 0) is 9.53 Å². The number of benzene rings is 1. The predicted molar refractivity (Wildman–Crippen MR) is 91.5 cm³/mol. The van der Waals surface area contributed by atoms with Gasteiger partial charge >= 0.3 is 0 Å². The Balaban J connectivity index is 1.52. The zero-order chi connectivity index (χ0) is 16.9. The molecule has 0 aromatic heterocycles. The van der Waals surface area contributed by atoms with Crippen molar-refractivity contribution in [3.63, 3.8) is 0 Å². The molecule has 1 aromatic rings. The van der Waals surface area contributed by atoms with E-state index < -0.39 is 0 Å². The molecular weight excluding hydrogens is 332 g/mol. The summed E-state index contributed by atoms with van der Waals surface area (Å²) in [7, 11) is 0. The van der Waals surface area contributed by atoms with Crippen molar-refractivity contribution in [3.8, 4) is 11.5 Å². The van der Waals surface area contributed by atoms with Crippen LogP contribution in [0.5, 0.6) is 11.5 Å². The average molecular weight is 353 g/mol. The molecule has 6 nitrogen and oxygen atoms in total. The number of fused-ring (bicyclic) bond motifs is 1. The molecule has 0 bridgehead atoms. The lowest BCUT2D eigenvalue weighted by atomic mass is 10.2. The van der Waals surface area contributed by atoms with E-state index in [1.807, 2.05) is 6.92 Å². The summed E-state index contributed by atoms with van der Waals surface area (Å²) < 4.78 is 15.9. The number of halogens is 1. The van der Waals surface area contributed by atoms with Gasteiger partial charge in [-0.3, -0.25) is 9.69 Å². The molecule has 1 N–H and O–H groups in total. The van der Waals surface area contributed by atoms with Gasteiger partial charge in [0.05, 0.1) is 18.2 Å². The highest BCUT2D eigenvalue weighted by Gasteiger charge is 2.18. The Morgan fingerprint density at radius 2 is 2.17 bits per heavy atom. The predicted octanol–water partition coefficient (Wildman–Crippen LogP) is 1.92. The van der Waals surface area contributed by atoms with Crippen molar-refractivity contribution in [2.75, 3.05) is 39.6 Å². The van der Waals surface area contributed by atoms with Crippen LogP contribution < -0.4 is 14.8 Å². The van der Waals surface area contributed by atoms with Crippen LogP contribution in [0.1, 0.15) is 12.5 Å². The van der Waals surface area contributed by atoms with Gasteiger partial charge in [0.15, 0.2) is 11.5 Å². The molecular formula is C17H21ClN2O4. The van der Waals surface area contributed by atoms with Gasteiger partial charge in [0.25, 0.3) is 0 Å². The zero-order valence-electron chi connectivity index (χ0n) is 13.6. The van der Waals surface area contributed by atoms with E-state index in [4.69, 9.17) is 25.8 Å². The molecule has 1 fully saturated rings. The van der Waals surface area contributed by atoms with Crippen molar-refractivity contribution >= 4 is 23.6 Å². The summed E-state index contributed by atoms with van der Waals surface area (Å²) in [5.41, 5.74) is 0.792. The van der Waals surface area contributed by atoms with Crippen LogP contribution in [0.25, 0.3) is 6.08 Å². The highest BCUT2D eigenvalue weighted by atomic mass is 35.5. The van der Waals surface area contributed by atoms with Crippen molar-refractivity contribution in [3.05, 3.63) is 28.8 Å². The summed E-state index contributed by atoms with van der Waals surface area (Å²) in [5.74, 6) is 1.02. The van der Waals surface area contributed by atoms with E-state index >= 15 is 0 Å². The molecule has 1 unspecified atom stereocenters. The van der Waals surface area contributed by atoms with E-state index in [2.05, 4.69) is 10.2 Å². The van der Waals surface area contributed by atoms with E-state index in [1.165, 1.54) is 6.08 Å². The van der Waals surface area contributed by atoms with Crippen molar-refractivity contribution < 1.29 is 19.0 Å². The number of nitrogens with one attached hydrogen (secondary N) is 1. The fourth-order valence-electron chi connectivity index (χ4n) is 2.76. The molecule has 2 aliphatic rings. The van der Waals surface area contributed by atoms with Gasteiger partial charge in [0, 0.05) is 31.8 Å². The number of carbonyl (C=O) groups is 1. The molecule has 0 aliphatic carbocycles. The Morgan fingerprint density at radius 3 is 2.96 bits per heavy atom. The van der Waals surface area contributed by atoms with Crippen LogP contribution in [0.15, 0.2) is 18.2 Å². The molecule has 1 aromatic carbocycles. The number of nitrogens with zero attached hydrogens (tertiary/aromatic N) is 1. The third-order valence-electron chi connectivity index (χ3n) is 3.90. The smallest absolute Gasteiger partial charge is 0.244 e. The molecule has 1 saturated heterocycles. The third-order valence-corrected chi connectivity index (χ3v) is 4.18. The SMILES string of the molecule is CC(CN1CCOCC1)NC(=O)C=Cc1cc(Cl)c2c(c1)OCO2. The minimum absolute atomic E-state index is 0.0700. The van der Waals surface area contributed by atoms with E-state index in [0.717, 1.165) is 38.4 Å². The van der Waals surface area contributed by atoms with Gasteiger partial charge in [-0.25, -0.2) is 0 Å². The summed E-state index contributed by atoms with van der Waals surface area (Å²) in [6.07, 6.45) is 3.22. The molecule has 0 spiro atoms. The van der Waals surface area contributed by atoms with Gasteiger partial charge in [-0.2, -0.15) is 0 Å². The lowest BCUT2D eigenvalue weighted by Crippen LogP contribution is -2.45. The number of rotatable bonds is 5. The average Bonchev–Trinajstić information content (AvgIpc) is 3.03. The number of hydrogen-bond donors (Lipinski definition) is 1. The Kier molecular flexibility index (Phi) is 5.60. The quantitative estimate of drug-likeness (QED) is 0.820. The van der Waals surface area contributed by atoms with Gasteiger partial charge in [-0.05, 0) is 30.7 Å². The highest BCUT2D eigenvalue weighted by molar-refractivity contribution is 6.32. The minimum atomic E-state index is -0.135. The lowest BCUT2D eigenvalue weighted by molar-refractivity contribution is -0.117. The number of amides is 1. The summed E-state index contributed by atoms with van der Waals surface area (Å²) in [4.78, 5) is 14.3. The highest BCUT2D eigenvalue weighted by Crippen LogP contribution is 2.40. The van der Waals surface area contributed by atoms with Crippen LogP contribution >= 0.6 is 11.6 Å². The summed E-state index contributed by atoms with van der Waals surface area (Å²) in [6.45, 7) is 6.31. The topological polar surface area (TPSA) is 60.0 Å². The largest absolute Gasteiger partial charge is 0.454 e. The molecule has 7 heteroatoms. The molecule has 3 rings (SSSR count). The van der Waals surface area contributed by atoms with Crippen LogP contribution in [0.3, 0.4) is 0 Å². The van der Waals surface area contributed by atoms with Crippen LogP contribution in [0.2, 0.25) is 5.02 Å². The molecule has 24 heavy (non-hydrogen) atoms. The standard InChI is InChI=1S/C17H21ClN2O4/c1-12(10-20-4-6-22-7-5-20)19-16(21)3-2-13-8-14(18)17-15(9-13)23-11-24-17/h2-3,8-9,12H,4-7,10-11H2,1H3,(H,19,21). The monoisotopic (exact) mass is 352 g/mol. The number of ether oxygens (including phenoxy) is 3. The zero-order valence-corrected chi connectivity index (χ0v) is 14.3. The summed E-state index contributed by atoms with van der Waals surface area (Å²) in [6, 6.07) is 3.62. The molecule has 1 atom stereocenters. The number of morpholine rings is 1. The fourth-order valence-corrected chi connectivity index (χ4v) is 3.04. The van der Waals surface area contributed by atoms with Gasteiger partial charge in [-0.1, -0.05) is 11.6 Å². The first-order valence-corrected chi connectivity index (χ1v) is 8.37. The summed E-state index contributed by atoms with van der Waals surface area (Å²) >= 11 is 6.13. The van der Waals surface area contributed by atoms with Gasteiger partial charge in [0.2, 0.25) is 12.7 Å². The maximum absolute atomic E-state index is 12.1. The molecule has 0 radical (unpaired) electrons. The van der Waals surface area contributed by atoms with Gasteiger partial charge in [-0.15, -0.1) is 0 Å². The molecule has 130 valence electrons. The first-order valence-electron chi connectivity index (χ1n) is 7.99. The molecule has 2 heterocycles. The van der Waals surface area contributed by atoms with E-state index in [-0.39, 0.29) is 18.7 Å². The Morgan fingerprint density at radius 1 is 1.38 bits per heavy atom. The van der Waals surface area contributed by atoms with E-state index in [1.54, 1.807) is 18.2 Å². The second-order valence-electron chi connectivity index (χ2n) is 5.89. The number of hydrogen-bond acceptors (Lipinski definition) is 5. The Hall–Kier alpha value is -1.76. The van der Waals surface area contributed by atoms with Crippen molar-refractivity contribution in [2.24, 2.45) is 0 Å². The van der Waals surface area contributed by atoms with E-state index in [9.17, 15) is 4.79 Å². The van der Waals surface area contributed by atoms with E-state index in [0.29, 0.717) is 16.5 Å². The molecule has 1 amide bonds.